The van der Waals surface area contributed by atoms with E-state index in [9.17, 15) is 4.79 Å². The van der Waals surface area contributed by atoms with E-state index in [1.54, 1.807) is 12.3 Å². The number of hydrogen-bond acceptors (Lipinski definition) is 4. The van der Waals surface area contributed by atoms with Crippen molar-refractivity contribution in [3.63, 3.8) is 0 Å². The third-order valence-corrected chi connectivity index (χ3v) is 2.91. The van der Waals surface area contributed by atoms with Crippen LogP contribution in [0.15, 0.2) is 48.5 Å². The van der Waals surface area contributed by atoms with E-state index in [0.717, 1.165) is 0 Å². The van der Waals surface area contributed by atoms with Gasteiger partial charge in [0.2, 0.25) is 0 Å². The van der Waals surface area contributed by atoms with Gasteiger partial charge in [-0.2, -0.15) is 0 Å². The molecule has 0 aliphatic heterocycles. The Morgan fingerprint density at radius 3 is 2.76 bits per heavy atom. The van der Waals surface area contributed by atoms with Crippen LogP contribution in [0.3, 0.4) is 0 Å². The Hall–Kier alpha value is -2.14. The lowest BCUT2D eigenvalue weighted by Gasteiger charge is -2.09. The first kappa shape index (κ1) is 11.3. The number of nitrogens with zero attached hydrogens (tertiary/aromatic N) is 1. The third-order valence-electron chi connectivity index (χ3n) is 2.05. The Morgan fingerprint density at radius 2 is 2.12 bits per heavy atom. The van der Waals surface area contributed by atoms with Crippen LogP contribution in [-0.2, 0) is 0 Å². The number of amides is 1. The van der Waals surface area contributed by atoms with Crippen molar-refractivity contribution in [1.82, 2.24) is 15.8 Å². The van der Waals surface area contributed by atoms with Crippen molar-refractivity contribution in [2.75, 3.05) is 0 Å². The van der Waals surface area contributed by atoms with Crippen molar-refractivity contribution in [3.8, 4) is 0 Å². The number of hydrogen-bond donors (Lipinski definition) is 2. The summed E-state index contributed by atoms with van der Waals surface area (Å²) in [4.78, 5) is 16.4. The lowest BCUT2D eigenvalue weighted by atomic mass is 10.3. The fourth-order valence-electron chi connectivity index (χ4n) is 1.21. The number of carbonyl (C=O) groups excluding carboxylic acids is 1. The van der Waals surface area contributed by atoms with Crippen LogP contribution >= 0.6 is 11.3 Å². The first-order valence-electron chi connectivity index (χ1n) is 4.97. The lowest BCUT2D eigenvalue weighted by molar-refractivity contribution is 0.0946. The van der Waals surface area contributed by atoms with E-state index in [-0.39, 0.29) is 5.91 Å². The molecule has 4 nitrogen and oxygen atoms in total. The maximum atomic E-state index is 11.6. The molecule has 0 unspecified atom stereocenters. The maximum Gasteiger partial charge on any atom is 0.279 e. The van der Waals surface area contributed by atoms with Crippen LogP contribution in [0.5, 0.6) is 0 Å². The number of carbonyl (C=O) groups is 1. The highest BCUT2D eigenvalue weighted by molar-refractivity contribution is 7.12. The molecule has 2 N–H and O–H groups in total. The van der Waals surface area contributed by atoms with Crippen molar-refractivity contribution in [3.05, 3.63) is 59.1 Å². The minimum Gasteiger partial charge on any atom is -0.297 e. The highest BCUT2D eigenvalue weighted by atomic mass is 32.1. The lowest BCUT2D eigenvalue weighted by Crippen LogP contribution is -2.35. The molecule has 2 aromatic heterocycles. The van der Waals surface area contributed by atoms with Crippen LogP contribution in [0.1, 0.15) is 15.4 Å². The predicted molar refractivity (Wildman–Crippen MR) is 68.2 cm³/mol. The quantitative estimate of drug-likeness (QED) is 0.811. The standard InChI is InChI=1S/C12H11N3OS/c1-9(10-5-2-3-7-13-10)14-15-12(16)11-6-4-8-17-11/h2-8,14H,1H2,(H,15,16). The van der Waals surface area contributed by atoms with Gasteiger partial charge in [-0.25, -0.2) is 0 Å². The first-order valence-corrected chi connectivity index (χ1v) is 5.85. The molecule has 5 heteroatoms. The minimum atomic E-state index is -0.183. The Kier molecular flexibility index (Phi) is 3.52. The summed E-state index contributed by atoms with van der Waals surface area (Å²) in [5.41, 5.74) is 6.55. The minimum absolute atomic E-state index is 0.183. The van der Waals surface area contributed by atoms with E-state index in [1.165, 1.54) is 11.3 Å². The van der Waals surface area contributed by atoms with E-state index in [1.807, 2.05) is 29.6 Å². The maximum absolute atomic E-state index is 11.6. The fraction of sp³-hybridized carbons (Fsp3) is 0. The van der Waals surface area contributed by atoms with Crippen LogP contribution < -0.4 is 10.9 Å². The Bertz CT molecular complexity index is 508. The van der Waals surface area contributed by atoms with Crippen molar-refractivity contribution >= 4 is 22.9 Å². The summed E-state index contributed by atoms with van der Waals surface area (Å²) >= 11 is 1.38. The summed E-state index contributed by atoms with van der Waals surface area (Å²) in [6.07, 6.45) is 1.67. The summed E-state index contributed by atoms with van der Waals surface area (Å²) in [6.45, 7) is 3.79. The van der Waals surface area contributed by atoms with Gasteiger partial charge in [0.25, 0.3) is 5.91 Å². The van der Waals surface area contributed by atoms with E-state index in [4.69, 9.17) is 0 Å². The molecule has 0 aromatic carbocycles. The van der Waals surface area contributed by atoms with E-state index >= 15 is 0 Å². The van der Waals surface area contributed by atoms with Gasteiger partial charge in [-0.05, 0) is 23.6 Å². The van der Waals surface area contributed by atoms with Gasteiger partial charge < -0.3 is 0 Å². The number of hydrazine groups is 1. The largest absolute Gasteiger partial charge is 0.297 e. The molecule has 0 atom stereocenters. The van der Waals surface area contributed by atoms with Crippen molar-refractivity contribution in [1.29, 1.82) is 0 Å². The molecule has 0 fully saturated rings. The molecule has 2 heterocycles. The summed E-state index contributed by atoms with van der Waals surface area (Å²) in [5.74, 6) is -0.183. The van der Waals surface area contributed by atoms with Gasteiger partial charge in [-0.1, -0.05) is 18.7 Å². The smallest absolute Gasteiger partial charge is 0.279 e. The topological polar surface area (TPSA) is 54.0 Å². The Balaban J connectivity index is 1.91. The molecule has 86 valence electrons. The molecule has 1 amide bonds. The molecular formula is C12H11N3OS. The summed E-state index contributed by atoms with van der Waals surface area (Å²) in [6, 6.07) is 9.07. The van der Waals surface area contributed by atoms with Crippen molar-refractivity contribution in [2.45, 2.75) is 0 Å². The molecule has 2 aromatic rings. The van der Waals surface area contributed by atoms with E-state index in [0.29, 0.717) is 16.3 Å². The van der Waals surface area contributed by atoms with Crippen LogP contribution in [-0.4, -0.2) is 10.9 Å². The van der Waals surface area contributed by atoms with Crippen LogP contribution in [0, 0.1) is 0 Å². The molecule has 17 heavy (non-hydrogen) atoms. The predicted octanol–water partition coefficient (Wildman–Crippen LogP) is 2.05. The molecule has 0 aliphatic carbocycles. The van der Waals surface area contributed by atoms with Gasteiger partial charge in [0.05, 0.1) is 16.3 Å². The number of aromatic nitrogens is 1. The zero-order valence-electron chi connectivity index (χ0n) is 9.01. The summed E-state index contributed by atoms with van der Waals surface area (Å²) < 4.78 is 0. The molecule has 0 radical (unpaired) electrons. The Morgan fingerprint density at radius 1 is 1.24 bits per heavy atom. The van der Waals surface area contributed by atoms with Crippen LogP contribution in [0.2, 0.25) is 0 Å². The molecule has 0 aliphatic rings. The molecular weight excluding hydrogens is 234 g/mol. The van der Waals surface area contributed by atoms with Gasteiger partial charge in [-0.15, -0.1) is 11.3 Å². The number of rotatable bonds is 4. The SMILES string of the molecule is C=C(NNC(=O)c1cccs1)c1ccccn1. The zero-order valence-corrected chi connectivity index (χ0v) is 9.83. The molecule has 0 saturated heterocycles. The summed E-state index contributed by atoms with van der Waals surface area (Å²) in [5, 5.41) is 1.85. The highest BCUT2D eigenvalue weighted by Gasteiger charge is 2.06. The van der Waals surface area contributed by atoms with Crippen LogP contribution in [0.25, 0.3) is 5.70 Å². The van der Waals surface area contributed by atoms with E-state index < -0.39 is 0 Å². The second kappa shape index (κ2) is 5.27. The average Bonchev–Trinajstić information content (AvgIpc) is 2.90. The number of thiophene rings is 1. The first-order chi connectivity index (χ1) is 8.27. The molecule has 2 rings (SSSR count). The average molecular weight is 245 g/mol. The van der Waals surface area contributed by atoms with Crippen LogP contribution in [0.4, 0.5) is 0 Å². The summed E-state index contributed by atoms with van der Waals surface area (Å²) in [7, 11) is 0. The zero-order chi connectivity index (χ0) is 12.1. The van der Waals surface area contributed by atoms with Crippen molar-refractivity contribution < 1.29 is 4.79 Å². The fourth-order valence-corrected chi connectivity index (χ4v) is 1.83. The van der Waals surface area contributed by atoms with Gasteiger partial charge in [0, 0.05) is 6.20 Å². The van der Waals surface area contributed by atoms with Gasteiger partial charge in [0.15, 0.2) is 0 Å². The molecule has 0 saturated carbocycles. The second-order valence-electron chi connectivity index (χ2n) is 3.25. The monoisotopic (exact) mass is 245 g/mol. The number of pyridine rings is 1. The Labute approximate surface area is 103 Å². The van der Waals surface area contributed by atoms with Gasteiger partial charge >= 0.3 is 0 Å². The van der Waals surface area contributed by atoms with Gasteiger partial charge in [0.1, 0.15) is 0 Å². The highest BCUT2D eigenvalue weighted by Crippen LogP contribution is 2.08. The molecule has 0 bridgehead atoms. The van der Waals surface area contributed by atoms with Gasteiger partial charge in [-0.3, -0.25) is 20.6 Å². The van der Waals surface area contributed by atoms with E-state index in [2.05, 4.69) is 22.4 Å². The van der Waals surface area contributed by atoms with Crippen molar-refractivity contribution in [2.24, 2.45) is 0 Å². The normalized spacial score (nSPS) is 9.65. The third kappa shape index (κ3) is 2.92. The second-order valence-corrected chi connectivity index (χ2v) is 4.20. The number of nitrogens with one attached hydrogen (secondary N) is 2. The molecule has 0 spiro atoms.